The number of thioether (sulfide) groups is 2. The molecule has 52 heavy (non-hydrogen) atoms. The van der Waals surface area contributed by atoms with E-state index in [-0.39, 0.29) is 0 Å². The molecule has 0 aromatic heterocycles. The van der Waals surface area contributed by atoms with E-state index >= 15 is 0 Å². The van der Waals surface area contributed by atoms with Crippen LogP contribution in [0.3, 0.4) is 0 Å². The van der Waals surface area contributed by atoms with Crippen LogP contribution >= 0.6 is 23.5 Å². The molecule has 296 valence electrons. The van der Waals surface area contributed by atoms with Crippen LogP contribution in [-0.4, -0.2) is 91.6 Å². The van der Waals surface area contributed by atoms with E-state index in [0.717, 1.165) is 20.7 Å². The van der Waals surface area contributed by atoms with Crippen molar-refractivity contribution < 1.29 is 0 Å². The summed E-state index contributed by atoms with van der Waals surface area (Å²) >= 11 is 6.11. The average molecular weight is 1070 g/mol. The third-order valence-corrected chi connectivity index (χ3v) is 52.7. The summed E-state index contributed by atoms with van der Waals surface area (Å²) in [5.74, 6) is 0. The normalized spacial score (nSPS) is 14.9. The fraction of sp³-hybridized carbons (Fsp3) is 0.707. The summed E-state index contributed by atoms with van der Waals surface area (Å²) in [4.78, 5) is 3.45. The number of hydrogen-bond acceptors (Lipinski definition) is 2. The third kappa shape index (κ3) is 12.9. The van der Waals surface area contributed by atoms with Crippen molar-refractivity contribution in [2.45, 2.75) is 190 Å². The summed E-state index contributed by atoms with van der Waals surface area (Å²) in [6.07, 6.45) is 0. The van der Waals surface area contributed by atoms with E-state index in [1.54, 1.807) is 32.0 Å². The first-order chi connectivity index (χ1) is 22.8. The van der Waals surface area contributed by atoms with Crippen molar-refractivity contribution in [2.24, 2.45) is 0 Å². The third-order valence-electron chi connectivity index (χ3n) is 10.8. The van der Waals surface area contributed by atoms with Crippen molar-refractivity contribution in [2.75, 3.05) is 0 Å². The van der Waals surface area contributed by atoms with Crippen LogP contribution in [0.4, 0.5) is 0 Å². The summed E-state index contributed by atoms with van der Waals surface area (Å²) < 4.78 is 0.542. The van der Waals surface area contributed by atoms with Gasteiger partial charge in [0.1, 0.15) is 0 Å². The quantitative estimate of drug-likeness (QED) is 0.0933. The zero-order chi connectivity index (χ0) is 41.0. The molecule has 0 N–H and O–H groups in total. The Balaban J connectivity index is 3.10. The maximum absolute atomic E-state index is 2.67. The molecule has 0 aliphatic heterocycles. The van der Waals surface area contributed by atoms with Crippen molar-refractivity contribution in [3.63, 3.8) is 0 Å². The summed E-state index contributed by atoms with van der Waals surface area (Å²) in [7, 11) is -12.1. The standard InChI is InChI=1S/C41H83S2Si8.Bi/c1-44(2,3)38(45(4,5)6)32-27-25-28-33(39(46(7,8)9)47(10,11)12)36(32)42-31-43-37-34(40(48(13,14)15)49(16,17)18)29-26-30-35(37)41(50(19,20)21)51(22,23)24;/h25-31,38-41H,1-24H3;. The molecule has 2 rings (SSSR count). The zero-order valence-corrected chi connectivity index (χ0v) is 51.7. The molecule has 0 atom stereocenters. The molecule has 0 unspecified atom stereocenters. The van der Waals surface area contributed by atoms with Crippen LogP contribution in [0.15, 0.2) is 46.2 Å². The fourth-order valence-electron chi connectivity index (χ4n) is 11.5. The van der Waals surface area contributed by atoms with Crippen molar-refractivity contribution in [1.29, 1.82) is 0 Å². The van der Waals surface area contributed by atoms with Gasteiger partial charge in [-0.2, -0.15) is 0 Å². The molecular formula is C41H83BiS2Si8. The first kappa shape index (κ1) is 49.9. The van der Waals surface area contributed by atoms with E-state index < -0.39 is 64.6 Å². The molecule has 0 nitrogen and oxygen atoms in total. The molecule has 2 aromatic carbocycles. The predicted octanol–water partition coefficient (Wildman–Crippen LogP) is 15.4. The van der Waals surface area contributed by atoms with E-state index in [1.165, 1.54) is 24.7 Å². The number of benzene rings is 2. The van der Waals surface area contributed by atoms with Gasteiger partial charge in [0.05, 0.1) is 0 Å². The van der Waals surface area contributed by atoms with Crippen LogP contribution in [0.25, 0.3) is 0 Å². The van der Waals surface area contributed by atoms with Crippen LogP contribution in [-0.2, 0) is 0 Å². The summed E-state index contributed by atoms with van der Waals surface area (Å²) in [6, 6.07) is 15.5. The Bertz CT molecular complexity index is 1240. The van der Waals surface area contributed by atoms with Gasteiger partial charge in [-0.3, -0.25) is 0 Å². The molecule has 0 bridgehead atoms. The topological polar surface area (TPSA) is 0 Å². The van der Waals surface area contributed by atoms with Crippen LogP contribution < -0.4 is 0 Å². The summed E-state index contributed by atoms with van der Waals surface area (Å²) in [5.41, 5.74) is 6.99. The van der Waals surface area contributed by atoms with Crippen molar-refractivity contribution in [1.82, 2.24) is 0 Å². The number of hydrogen-bond donors (Lipinski definition) is 0. The molecule has 0 saturated carbocycles. The Hall–Kier alpha value is 1.76. The summed E-state index contributed by atoms with van der Waals surface area (Å²) in [6.45, 7) is 64.0. The van der Waals surface area contributed by atoms with Gasteiger partial charge in [0, 0.05) is 0 Å². The molecule has 0 aliphatic rings. The molecule has 0 fully saturated rings. The monoisotopic (exact) mass is 1070 g/mol. The van der Waals surface area contributed by atoms with Crippen LogP contribution in [0.2, 0.25) is 157 Å². The molecular weight excluding hydrogens is 990 g/mol. The summed E-state index contributed by atoms with van der Waals surface area (Å²) in [5, 5.41) is 2.99. The SMILES string of the molecule is C[Si](C)(C)C(c1cccc(C([Si](C)(C)C)[Si](C)(C)C)c1S[CH]([Bi])Sc1c(C([Si](C)(C)C)[Si](C)(C)C)cccc1C([Si](C)(C)C)[Si](C)(C)C)[Si](C)(C)C. The molecule has 0 saturated heterocycles. The first-order valence-corrected chi connectivity index (χ1v) is 52.5. The van der Waals surface area contributed by atoms with Gasteiger partial charge in [0.2, 0.25) is 0 Å². The van der Waals surface area contributed by atoms with E-state index in [2.05, 4.69) is 217 Å². The van der Waals surface area contributed by atoms with E-state index in [9.17, 15) is 0 Å². The number of rotatable bonds is 16. The predicted molar refractivity (Wildman–Crippen MR) is 272 cm³/mol. The van der Waals surface area contributed by atoms with Crippen LogP contribution in [0.1, 0.15) is 42.9 Å². The van der Waals surface area contributed by atoms with Gasteiger partial charge in [0.15, 0.2) is 0 Å². The average Bonchev–Trinajstić information content (AvgIpc) is 2.80. The van der Waals surface area contributed by atoms with Gasteiger partial charge in [0.25, 0.3) is 0 Å². The Kier molecular flexibility index (Phi) is 16.5. The maximum atomic E-state index is 2.67. The van der Waals surface area contributed by atoms with Crippen molar-refractivity contribution in [3.05, 3.63) is 58.7 Å². The van der Waals surface area contributed by atoms with Gasteiger partial charge in [-0.25, -0.2) is 0 Å². The molecule has 2 radical (unpaired) electrons. The minimum absolute atomic E-state index is 0.542. The van der Waals surface area contributed by atoms with Crippen LogP contribution in [0.5, 0.6) is 0 Å². The molecule has 0 amide bonds. The minimum atomic E-state index is -1.51. The van der Waals surface area contributed by atoms with E-state index in [1.807, 2.05) is 0 Å². The van der Waals surface area contributed by atoms with E-state index in [4.69, 9.17) is 0 Å². The van der Waals surface area contributed by atoms with E-state index in [0.29, 0.717) is 2.29 Å². The second kappa shape index (κ2) is 17.2. The van der Waals surface area contributed by atoms with Gasteiger partial charge in [-0.15, -0.1) is 0 Å². The molecule has 2 aromatic rings. The van der Waals surface area contributed by atoms with Gasteiger partial charge >= 0.3 is 361 Å². The zero-order valence-electron chi connectivity index (χ0n) is 38.6. The fourth-order valence-corrected chi connectivity index (χ4v) is 68.2. The molecule has 0 aliphatic carbocycles. The van der Waals surface area contributed by atoms with Crippen molar-refractivity contribution >= 4 is 113 Å². The van der Waals surface area contributed by atoms with Crippen LogP contribution in [0, 0.1) is 0 Å². The second-order valence-electron chi connectivity index (χ2n) is 24.7. The van der Waals surface area contributed by atoms with Crippen molar-refractivity contribution in [3.8, 4) is 0 Å². The Morgan fingerprint density at radius 2 is 0.481 bits per heavy atom. The molecule has 0 heterocycles. The Morgan fingerprint density at radius 1 is 0.327 bits per heavy atom. The van der Waals surface area contributed by atoms with Gasteiger partial charge in [-0.1, -0.05) is 0 Å². The Labute approximate surface area is 357 Å². The van der Waals surface area contributed by atoms with Gasteiger partial charge < -0.3 is 0 Å². The molecule has 11 heteroatoms. The molecule has 0 spiro atoms. The van der Waals surface area contributed by atoms with Gasteiger partial charge in [-0.05, 0) is 0 Å². The first-order valence-electron chi connectivity index (χ1n) is 20.1. The second-order valence-corrected chi connectivity index (χ2v) is 76.9. The Morgan fingerprint density at radius 3 is 0.615 bits per heavy atom.